The Balaban J connectivity index is 2.13. The van der Waals surface area contributed by atoms with E-state index in [-0.39, 0.29) is 16.5 Å². The second-order valence-electron chi connectivity index (χ2n) is 6.70. The Morgan fingerprint density at radius 1 is 1.12 bits per heavy atom. The van der Waals surface area contributed by atoms with Crippen LogP contribution in [0.4, 0.5) is 0 Å². The van der Waals surface area contributed by atoms with Crippen molar-refractivity contribution in [1.29, 1.82) is 0 Å². The van der Waals surface area contributed by atoms with Crippen LogP contribution >= 0.6 is 0 Å². The summed E-state index contributed by atoms with van der Waals surface area (Å²) in [6.07, 6.45) is 1.73. The van der Waals surface area contributed by atoms with E-state index >= 15 is 0 Å². The van der Waals surface area contributed by atoms with E-state index in [2.05, 4.69) is 5.32 Å². The van der Waals surface area contributed by atoms with E-state index < -0.39 is 28.0 Å². The molecule has 1 aromatic rings. The van der Waals surface area contributed by atoms with Gasteiger partial charge >= 0.3 is 5.97 Å². The predicted octanol–water partition coefficient (Wildman–Crippen LogP) is 1.93. The molecule has 26 heavy (non-hydrogen) atoms. The van der Waals surface area contributed by atoms with Crippen molar-refractivity contribution in [2.24, 2.45) is 0 Å². The number of piperidine rings is 1. The van der Waals surface area contributed by atoms with Gasteiger partial charge in [0.2, 0.25) is 10.0 Å². The molecule has 0 radical (unpaired) electrons. The molecule has 144 valence electrons. The topological polar surface area (TPSA) is 92.8 Å². The van der Waals surface area contributed by atoms with Crippen molar-refractivity contribution < 1.29 is 22.7 Å². The lowest BCUT2D eigenvalue weighted by atomic mass is 10.2. The quantitative estimate of drug-likeness (QED) is 0.759. The fraction of sp³-hybridized carbons (Fsp3) is 0.556. The van der Waals surface area contributed by atoms with Crippen molar-refractivity contribution >= 4 is 21.9 Å². The summed E-state index contributed by atoms with van der Waals surface area (Å²) < 4.78 is 32.0. The van der Waals surface area contributed by atoms with Gasteiger partial charge in [-0.25, -0.2) is 13.2 Å². The summed E-state index contributed by atoms with van der Waals surface area (Å²) in [5.41, 5.74) is 0.104. The van der Waals surface area contributed by atoms with Gasteiger partial charge in [-0.1, -0.05) is 12.5 Å². The van der Waals surface area contributed by atoms with E-state index in [4.69, 9.17) is 4.74 Å². The summed E-state index contributed by atoms with van der Waals surface area (Å²) >= 11 is 0. The number of hydrogen-bond acceptors (Lipinski definition) is 5. The lowest BCUT2D eigenvalue weighted by Gasteiger charge is -2.26. The van der Waals surface area contributed by atoms with Crippen LogP contribution in [0.25, 0.3) is 0 Å². The average Bonchev–Trinajstić information content (AvgIpc) is 2.62. The van der Waals surface area contributed by atoms with Crippen LogP contribution in [0.3, 0.4) is 0 Å². The van der Waals surface area contributed by atoms with Crippen LogP contribution in [0.1, 0.15) is 50.4 Å². The summed E-state index contributed by atoms with van der Waals surface area (Å²) in [6.45, 7) is 6.07. The molecule has 1 aliphatic heterocycles. The molecule has 1 aliphatic rings. The van der Waals surface area contributed by atoms with Gasteiger partial charge in [-0.05, 0) is 51.8 Å². The molecule has 2 rings (SSSR count). The highest BCUT2D eigenvalue weighted by atomic mass is 32.2. The van der Waals surface area contributed by atoms with Crippen molar-refractivity contribution in [2.45, 2.75) is 57.1 Å². The van der Waals surface area contributed by atoms with Gasteiger partial charge in [0.25, 0.3) is 5.91 Å². The zero-order chi connectivity index (χ0) is 19.3. The summed E-state index contributed by atoms with van der Waals surface area (Å²) in [4.78, 5) is 24.2. The third-order valence-corrected chi connectivity index (χ3v) is 6.00. The van der Waals surface area contributed by atoms with E-state index in [1.807, 2.05) is 0 Å². The molecule has 1 saturated heterocycles. The summed E-state index contributed by atoms with van der Waals surface area (Å²) in [6, 6.07) is 5.69. The van der Waals surface area contributed by atoms with Gasteiger partial charge in [0.15, 0.2) is 6.10 Å². The van der Waals surface area contributed by atoms with Gasteiger partial charge in [0.05, 0.1) is 10.5 Å². The average molecular weight is 382 g/mol. The van der Waals surface area contributed by atoms with Gasteiger partial charge in [-0.15, -0.1) is 0 Å². The molecule has 1 aromatic carbocycles. The Morgan fingerprint density at radius 2 is 1.77 bits per heavy atom. The van der Waals surface area contributed by atoms with E-state index in [0.29, 0.717) is 13.1 Å². The first-order valence-corrected chi connectivity index (χ1v) is 10.3. The lowest BCUT2D eigenvalue weighted by Crippen LogP contribution is -2.39. The molecule has 0 aromatic heterocycles. The molecule has 1 atom stereocenters. The van der Waals surface area contributed by atoms with Gasteiger partial charge in [-0.2, -0.15) is 4.31 Å². The molecule has 1 amide bonds. The maximum Gasteiger partial charge on any atom is 0.338 e. The molecular formula is C18H26N2O5S. The second-order valence-corrected chi connectivity index (χ2v) is 8.64. The van der Waals surface area contributed by atoms with Gasteiger partial charge in [-0.3, -0.25) is 4.79 Å². The van der Waals surface area contributed by atoms with Crippen LogP contribution in [0.2, 0.25) is 0 Å². The number of carbonyl (C=O) groups excluding carboxylic acids is 2. The summed E-state index contributed by atoms with van der Waals surface area (Å²) in [5.74, 6) is -1.13. The number of carbonyl (C=O) groups is 2. The van der Waals surface area contributed by atoms with E-state index in [9.17, 15) is 18.0 Å². The maximum absolute atomic E-state index is 12.7. The van der Waals surface area contributed by atoms with Crippen LogP contribution in [-0.2, 0) is 19.6 Å². The Morgan fingerprint density at radius 3 is 2.38 bits per heavy atom. The van der Waals surface area contributed by atoms with Crippen molar-refractivity contribution in [3.8, 4) is 0 Å². The van der Waals surface area contributed by atoms with E-state index in [1.54, 1.807) is 13.8 Å². The van der Waals surface area contributed by atoms with Crippen molar-refractivity contribution in [2.75, 3.05) is 13.1 Å². The maximum atomic E-state index is 12.7. The number of rotatable bonds is 6. The van der Waals surface area contributed by atoms with Crippen molar-refractivity contribution in [3.05, 3.63) is 29.8 Å². The molecule has 0 bridgehead atoms. The van der Waals surface area contributed by atoms with Gasteiger partial charge in [0, 0.05) is 19.1 Å². The van der Waals surface area contributed by atoms with Crippen LogP contribution in [0.5, 0.6) is 0 Å². The Labute approximate surface area is 154 Å². The van der Waals surface area contributed by atoms with E-state index in [1.165, 1.54) is 35.5 Å². The predicted molar refractivity (Wildman–Crippen MR) is 97.2 cm³/mol. The first kappa shape index (κ1) is 20.4. The number of benzene rings is 1. The number of ether oxygens (including phenoxy) is 1. The SMILES string of the molecule is CC(C)NC(=O)C(C)OC(=O)c1cccc(S(=O)(=O)N2CCCCC2)c1. The monoisotopic (exact) mass is 382 g/mol. The van der Waals surface area contributed by atoms with Crippen molar-refractivity contribution in [3.63, 3.8) is 0 Å². The van der Waals surface area contributed by atoms with Crippen LogP contribution in [0, 0.1) is 0 Å². The number of esters is 1. The van der Waals surface area contributed by atoms with Crippen LogP contribution < -0.4 is 5.32 Å². The molecule has 1 heterocycles. The molecule has 1 N–H and O–H groups in total. The first-order valence-electron chi connectivity index (χ1n) is 8.83. The minimum Gasteiger partial charge on any atom is -0.449 e. The highest BCUT2D eigenvalue weighted by Gasteiger charge is 2.27. The zero-order valence-corrected chi connectivity index (χ0v) is 16.2. The number of hydrogen-bond donors (Lipinski definition) is 1. The standard InChI is InChI=1S/C18H26N2O5S/c1-13(2)19-17(21)14(3)25-18(22)15-8-7-9-16(12-15)26(23,24)20-10-5-4-6-11-20/h7-9,12-14H,4-6,10-11H2,1-3H3,(H,19,21). The summed E-state index contributed by atoms with van der Waals surface area (Å²) in [7, 11) is -3.63. The second kappa shape index (κ2) is 8.64. The fourth-order valence-corrected chi connectivity index (χ4v) is 4.29. The molecule has 1 unspecified atom stereocenters. The number of sulfonamides is 1. The normalized spacial score (nSPS) is 16.9. The molecule has 0 saturated carbocycles. The lowest BCUT2D eigenvalue weighted by molar-refractivity contribution is -0.129. The Kier molecular flexibility index (Phi) is 6.77. The Hall–Kier alpha value is -1.93. The van der Waals surface area contributed by atoms with E-state index in [0.717, 1.165) is 19.3 Å². The number of nitrogens with one attached hydrogen (secondary N) is 1. The smallest absolute Gasteiger partial charge is 0.338 e. The van der Waals surface area contributed by atoms with Crippen LogP contribution in [-0.4, -0.2) is 49.8 Å². The Bertz CT molecular complexity index is 755. The highest BCUT2D eigenvalue weighted by molar-refractivity contribution is 7.89. The molecule has 0 aliphatic carbocycles. The first-order chi connectivity index (χ1) is 12.2. The fourth-order valence-electron chi connectivity index (χ4n) is 2.72. The molecule has 0 spiro atoms. The number of nitrogens with zero attached hydrogens (tertiary/aromatic N) is 1. The third-order valence-electron chi connectivity index (χ3n) is 4.11. The minimum absolute atomic E-state index is 0.0631. The molecule has 1 fully saturated rings. The van der Waals surface area contributed by atoms with Crippen LogP contribution in [0.15, 0.2) is 29.2 Å². The highest BCUT2D eigenvalue weighted by Crippen LogP contribution is 2.21. The minimum atomic E-state index is -3.63. The third kappa shape index (κ3) is 5.04. The van der Waals surface area contributed by atoms with Crippen molar-refractivity contribution in [1.82, 2.24) is 9.62 Å². The van der Waals surface area contributed by atoms with Gasteiger partial charge < -0.3 is 10.1 Å². The number of amides is 1. The van der Waals surface area contributed by atoms with Gasteiger partial charge in [0.1, 0.15) is 0 Å². The molecule has 7 nitrogen and oxygen atoms in total. The summed E-state index contributed by atoms with van der Waals surface area (Å²) in [5, 5.41) is 2.66. The molecular weight excluding hydrogens is 356 g/mol. The zero-order valence-electron chi connectivity index (χ0n) is 15.4. The largest absolute Gasteiger partial charge is 0.449 e. The molecule has 8 heteroatoms.